The van der Waals surface area contributed by atoms with E-state index in [1.807, 2.05) is 103 Å². The number of para-hydroxylation sites is 3. The van der Waals surface area contributed by atoms with Crippen LogP contribution in [-0.2, 0) is 0 Å². The molecule has 6 nitrogen and oxygen atoms in total. The van der Waals surface area contributed by atoms with Crippen LogP contribution in [0.5, 0.6) is 0 Å². The fraction of sp³-hybridized carbons (Fsp3) is 0. The van der Waals surface area contributed by atoms with E-state index in [1.165, 1.54) is 0 Å². The van der Waals surface area contributed by atoms with Gasteiger partial charge in [-0.25, -0.2) is 19.9 Å². The maximum atomic E-state index is 6.87. The van der Waals surface area contributed by atoms with E-state index in [4.69, 9.17) is 28.8 Å². The highest BCUT2D eigenvalue weighted by Crippen LogP contribution is 2.42. The molecule has 10 rings (SSSR count). The average Bonchev–Trinajstić information content (AvgIpc) is 3.83. The van der Waals surface area contributed by atoms with Crippen LogP contribution in [0.25, 0.3) is 101 Å². The fourth-order valence-corrected chi connectivity index (χ4v) is 6.80. The van der Waals surface area contributed by atoms with Gasteiger partial charge in [-0.05, 0) is 52.6 Å². The van der Waals surface area contributed by atoms with E-state index in [9.17, 15) is 0 Å². The summed E-state index contributed by atoms with van der Waals surface area (Å²) in [6.07, 6.45) is 0. The zero-order valence-corrected chi connectivity index (χ0v) is 27.8. The quantitative estimate of drug-likeness (QED) is 0.175. The molecule has 0 atom stereocenters. The van der Waals surface area contributed by atoms with Gasteiger partial charge in [-0.3, -0.25) is 0 Å². The molecular weight excluding hydrogens is 641 g/mol. The Morgan fingerprint density at radius 3 is 1.56 bits per heavy atom. The van der Waals surface area contributed by atoms with E-state index in [1.54, 1.807) is 0 Å². The van der Waals surface area contributed by atoms with Gasteiger partial charge in [0.15, 0.2) is 23.1 Å². The minimum absolute atomic E-state index is 0.498. The molecule has 0 unspecified atom stereocenters. The van der Waals surface area contributed by atoms with Crippen molar-refractivity contribution in [1.29, 1.82) is 0 Å². The van der Waals surface area contributed by atoms with Crippen LogP contribution < -0.4 is 0 Å². The molecule has 0 radical (unpaired) electrons. The molecule has 7 aromatic carbocycles. The molecule has 0 aliphatic rings. The smallest absolute Gasteiger partial charge is 0.231 e. The Kier molecular flexibility index (Phi) is 7.03. The van der Waals surface area contributed by atoms with Crippen LogP contribution in [0.1, 0.15) is 0 Å². The van der Waals surface area contributed by atoms with Crippen molar-refractivity contribution < 1.29 is 8.83 Å². The lowest BCUT2D eigenvalue weighted by Crippen LogP contribution is -2.00. The molecule has 52 heavy (non-hydrogen) atoms. The van der Waals surface area contributed by atoms with E-state index < -0.39 is 0 Å². The molecule has 0 aliphatic heterocycles. The lowest BCUT2D eigenvalue weighted by Gasteiger charge is -2.09. The summed E-state index contributed by atoms with van der Waals surface area (Å²) in [7, 11) is 0. The highest BCUT2D eigenvalue weighted by molar-refractivity contribution is 6.13. The van der Waals surface area contributed by atoms with E-state index >= 15 is 0 Å². The van der Waals surface area contributed by atoms with Crippen molar-refractivity contribution in [2.75, 3.05) is 0 Å². The molecule has 0 aliphatic carbocycles. The Labute approximate surface area is 298 Å². The second kappa shape index (κ2) is 12.3. The van der Waals surface area contributed by atoms with E-state index in [0.29, 0.717) is 34.5 Å². The van der Waals surface area contributed by atoms with E-state index in [2.05, 4.69) is 66.7 Å². The second-order valence-electron chi connectivity index (χ2n) is 12.7. The Morgan fingerprint density at radius 1 is 0.327 bits per heavy atom. The highest BCUT2D eigenvalue weighted by atomic mass is 16.4. The predicted octanol–water partition coefficient (Wildman–Crippen LogP) is 11.9. The second-order valence-corrected chi connectivity index (χ2v) is 12.7. The normalized spacial score (nSPS) is 11.5. The third-order valence-electron chi connectivity index (χ3n) is 9.39. The number of rotatable bonds is 6. The van der Waals surface area contributed by atoms with Crippen molar-refractivity contribution in [2.24, 2.45) is 0 Å². The average molecular weight is 669 g/mol. The molecule has 3 heterocycles. The van der Waals surface area contributed by atoms with Crippen molar-refractivity contribution in [2.45, 2.75) is 0 Å². The number of aromatic nitrogens is 4. The molecular formula is C46H28N4O2. The SMILES string of the molecule is c1ccc(-c2ccc(-c3nc(-c4ccccc4)nc(-c4cccc5c4oc4c(-c6nc7ccccc7o6)cc(-c6ccccc6)cc45)n3)cc2)cc1. The summed E-state index contributed by atoms with van der Waals surface area (Å²) in [4.78, 5) is 20.0. The summed E-state index contributed by atoms with van der Waals surface area (Å²) in [6.45, 7) is 0. The first kappa shape index (κ1) is 29.7. The first-order valence-electron chi connectivity index (χ1n) is 17.1. The van der Waals surface area contributed by atoms with Gasteiger partial charge in [0.25, 0.3) is 0 Å². The number of fused-ring (bicyclic) bond motifs is 4. The van der Waals surface area contributed by atoms with Crippen molar-refractivity contribution in [3.05, 3.63) is 170 Å². The first-order valence-corrected chi connectivity index (χ1v) is 17.1. The van der Waals surface area contributed by atoms with Crippen LogP contribution in [0, 0.1) is 0 Å². The number of oxazole rings is 1. The summed E-state index contributed by atoms with van der Waals surface area (Å²) in [5.41, 5.74) is 10.6. The van der Waals surface area contributed by atoms with Crippen molar-refractivity contribution in [3.63, 3.8) is 0 Å². The van der Waals surface area contributed by atoms with Crippen molar-refractivity contribution >= 4 is 33.0 Å². The van der Waals surface area contributed by atoms with Crippen LogP contribution in [-0.4, -0.2) is 19.9 Å². The van der Waals surface area contributed by atoms with Gasteiger partial charge in [0.1, 0.15) is 16.7 Å². The monoisotopic (exact) mass is 668 g/mol. The molecule has 0 N–H and O–H groups in total. The van der Waals surface area contributed by atoms with Gasteiger partial charge >= 0.3 is 0 Å². The molecule has 0 amide bonds. The third-order valence-corrected chi connectivity index (χ3v) is 9.39. The van der Waals surface area contributed by atoms with Crippen LogP contribution in [0.2, 0.25) is 0 Å². The maximum Gasteiger partial charge on any atom is 0.231 e. The zero-order chi connectivity index (χ0) is 34.4. The highest BCUT2D eigenvalue weighted by Gasteiger charge is 2.22. The topological polar surface area (TPSA) is 77.8 Å². The van der Waals surface area contributed by atoms with Gasteiger partial charge < -0.3 is 8.83 Å². The molecule has 244 valence electrons. The summed E-state index contributed by atoms with van der Waals surface area (Å²) in [5.74, 6) is 2.18. The summed E-state index contributed by atoms with van der Waals surface area (Å²) < 4.78 is 13.2. The van der Waals surface area contributed by atoms with Crippen molar-refractivity contribution in [3.8, 4) is 67.9 Å². The molecule has 0 spiro atoms. The lowest BCUT2D eigenvalue weighted by molar-refractivity contribution is 0.615. The number of hydrogen-bond donors (Lipinski definition) is 0. The maximum absolute atomic E-state index is 6.87. The Hall–Kier alpha value is -7.18. The number of nitrogens with zero attached hydrogens (tertiary/aromatic N) is 4. The van der Waals surface area contributed by atoms with Gasteiger partial charge in [0, 0.05) is 21.9 Å². The van der Waals surface area contributed by atoms with Crippen LogP contribution >= 0.6 is 0 Å². The Morgan fingerprint density at radius 2 is 0.865 bits per heavy atom. The molecule has 0 saturated heterocycles. The van der Waals surface area contributed by atoms with Gasteiger partial charge in [-0.1, -0.05) is 140 Å². The van der Waals surface area contributed by atoms with E-state index in [-0.39, 0.29) is 0 Å². The summed E-state index contributed by atoms with van der Waals surface area (Å²) in [5, 5.41) is 1.89. The standard InChI is InChI=1S/C46H28N4O2/c1-4-13-29(14-5-1)31-23-25-33(26-24-31)44-48-43(32-17-8-3-9-18-32)49-45(50-44)36-20-12-19-35-37-27-34(30-15-6-2-7-16-30)28-38(42(37)52-41(35)36)46-47-39-21-10-11-22-40(39)51-46/h1-28H. The molecule has 3 aromatic heterocycles. The lowest BCUT2D eigenvalue weighted by atomic mass is 9.99. The Bertz CT molecular complexity index is 2850. The molecule has 0 saturated carbocycles. The van der Waals surface area contributed by atoms with Gasteiger partial charge in [0.05, 0.1) is 11.1 Å². The van der Waals surface area contributed by atoms with Crippen LogP contribution in [0.15, 0.2) is 179 Å². The predicted molar refractivity (Wildman–Crippen MR) is 207 cm³/mol. The molecule has 0 bridgehead atoms. The number of furan rings is 1. The first-order chi connectivity index (χ1) is 25.7. The molecule has 0 fully saturated rings. The third kappa shape index (κ3) is 5.22. The minimum Gasteiger partial charge on any atom is -0.454 e. The molecule has 6 heteroatoms. The molecule has 10 aromatic rings. The Balaban J connectivity index is 1.18. The van der Waals surface area contributed by atoms with Crippen LogP contribution in [0.4, 0.5) is 0 Å². The van der Waals surface area contributed by atoms with E-state index in [0.717, 1.165) is 66.4 Å². The minimum atomic E-state index is 0.498. The number of hydrogen-bond acceptors (Lipinski definition) is 6. The zero-order valence-electron chi connectivity index (χ0n) is 27.8. The number of benzene rings is 7. The largest absolute Gasteiger partial charge is 0.454 e. The van der Waals surface area contributed by atoms with Crippen LogP contribution in [0.3, 0.4) is 0 Å². The summed E-state index contributed by atoms with van der Waals surface area (Å²) >= 11 is 0. The van der Waals surface area contributed by atoms with Gasteiger partial charge in [0.2, 0.25) is 5.89 Å². The fourth-order valence-electron chi connectivity index (χ4n) is 6.80. The van der Waals surface area contributed by atoms with Gasteiger partial charge in [-0.2, -0.15) is 0 Å². The van der Waals surface area contributed by atoms with Gasteiger partial charge in [-0.15, -0.1) is 0 Å². The van der Waals surface area contributed by atoms with Crippen molar-refractivity contribution in [1.82, 2.24) is 19.9 Å². The summed E-state index contributed by atoms with van der Waals surface area (Å²) in [6, 6.07) is 57.2.